The molecule has 0 aliphatic carbocycles. The average Bonchev–Trinajstić information content (AvgIpc) is 3.10. The number of hydrogen-bond donors (Lipinski definition) is 2. The standard InChI is InChI=1S/C13H18N4O/c18-13(17-6-1-2-7-17)12-8-11(15-16-12)10-4-3-5-14-9-10/h3-5,9,11-12,15-16H,1-2,6-8H2. The van der Waals surface area contributed by atoms with Crippen LogP contribution in [0.1, 0.15) is 30.9 Å². The number of aromatic nitrogens is 1. The van der Waals surface area contributed by atoms with E-state index in [4.69, 9.17) is 0 Å². The molecule has 5 nitrogen and oxygen atoms in total. The zero-order valence-corrected chi connectivity index (χ0v) is 10.3. The van der Waals surface area contributed by atoms with Gasteiger partial charge in [0.15, 0.2) is 0 Å². The fraction of sp³-hybridized carbons (Fsp3) is 0.538. The van der Waals surface area contributed by atoms with Crippen molar-refractivity contribution in [3.8, 4) is 0 Å². The highest BCUT2D eigenvalue weighted by molar-refractivity contribution is 5.82. The monoisotopic (exact) mass is 246 g/mol. The Labute approximate surface area is 107 Å². The lowest BCUT2D eigenvalue weighted by Gasteiger charge is -2.19. The Bertz CT molecular complexity index is 416. The molecule has 18 heavy (non-hydrogen) atoms. The molecule has 3 heterocycles. The van der Waals surface area contributed by atoms with E-state index in [1.165, 1.54) is 0 Å². The van der Waals surface area contributed by atoms with E-state index in [9.17, 15) is 4.79 Å². The molecule has 0 radical (unpaired) electrons. The number of pyridine rings is 1. The zero-order chi connectivity index (χ0) is 12.4. The van der Waals surface area contributed by atoms with Crippen molar-refractivity contribution in [2.24, 2.45) is 0 Å². The van der Waals surface area contributed by atoms with Gasteiger partial charge in [0.25, 0.3) is 0 Å². The molecule has 0 spiro atoms. The summed E-state index contributed by atoms with van der Waals surface area (Å²) < 4.78 is 0. The molecule has 2 aliphatic rings. The minimum atomic E-state index is -0.103. The second-order valence-corrected chi connectivity index (χ2v) is 4.95. The van der Waals surface area contributed by atoms with Crippen LogP contribution in [0.15, 0.2) is 24.5 Å². The van der Waals surface area contributed by atoms with E-state index in [-0.39, 0.29) is 18.0 Å². The van der Waals surface area contributed by atoms with Crippen molar-refractivity contribution in [3.63, 3.8) is 0 Å². The summed E-state index contributed by atoms with van der Waals surface area (Å²) in [5, 5.41) is 0. The largest absolute Gasteiger partial charge is 0.341 e. The molecule has 0 bridgehead atoms. The van der Waals surface area contributed by atoms with Crippen molar-refractivity contribution in [1.29, 1.82) is 0 Å². The summed E-state index contributed by atoms with van der Waals surface area (Å²) in [4.78, 5) is 18.3. The first-order valence-corrected chi connectivity index (χ1v) is 6.54. The number of likely N-dealkylation sites (tertiary alicyclic amines) is 1. The van der Waals surface area contributed by atoms with E-state index >= 15 is 0 Å². The summed E-state index contributed by atoms with van der Waals surface area (Å²) in [5.74, 6) is 0.228. The van der Waals surface area contributed by atoms with Crippen LogP contribution in [-0.2, 0) is 4.79 Å². The molecule has 0 saturated carbocycles. The molecule has 0 aromatic carbocycles. The van der Waals surface area contributed by atoms with E-state index in [0.717, 1.165) is 37.9 Å². The molecular formula is C13H18N4O. The van der Waals surface area contributed by atoms with E-state index in [2.05, 4.69) is 15.8 Å². The first-order valence-electron chi connectivity index (χ1n) is 6.54. The minimum absolute atomic E-state index is 0.103. The summed E-state index contributed by atoms with van der Waals surface area (Å²) in [5.41, 5.74) is 7.43. The van der Waals surface area contributed by atoms with Gasteiger partial charge in [-0.05, 0) is 30.9 Å². The van der Waals surface area contributed by atoms with Crippen molar-refractivity contribution < 1.29 is 4.79 Å². The van der Waals surface area contributed by atoms with E-state index < -0.39 is 0 Å². The molecule has 5 heteroatoms. The summed E-state index contributed by atoms with van der Waals surface area (Å²) in [6.07, 6.45) is 6.68. The molecule has 2 fully saturated rings. The molecule has 1 aromatic rings. The Hall–Kier alpha value is -1.46. The average molecular weight is 246 g/mol. The number of amides is 1. The van der Waals surface area contributed by atoms with Gasteiger partial charge in [0, 0.05) is 31.5 Å². The molecule has 2 atom stereocenters. The van der Waals surface area contributed by atoms with Crippen LogP contribution < -0.4 is 10.9 Å². The lowest BCUT2D eigenvalue weighted by molar-refractivity contribution is -0.132. The van der Waals surface area contributed by atoms with Gasteiger partial charge in [0.1, 0.15) is 6.04 Å². The molecule has 2 N–H and O–H groups in total. The number of rotatable bonds is 2. The smallest absolute Gasteiger partial charge is 0.241 e. The number of hydrazine groups is 1. The molecule has 2 unspecified atom stereocenters. The van der Waals surface area contributed by atoms with Crippen molar-refractivity contribution in [1.82, 2.24) is 20.7 Å². The topological polar surface area (TPSA) is 57.3 Å². The highest BCUT2D eigenvalue weighted by Crippen LogP contribution is 2.23. The molecule has 96 valence electrons. The maximum absolute atomic E-state index is 12.2. The van der Waals surface area contributed by atoms with Crippen LogP contribution in [0.3, 0.4) is 0 Å². The third-order valence-corrected chi connectivity index (χ3v) is 3.71. The Kier molecular flexibility index (Phi) is 3.25. The van der Waals surface area contributed by atoms with Crippen LogP contribution in [0.25, 0.3) is 0 Å². The summed E-state index contributed by atoms with van der Waals surface area (Å²) in [7, 11) is 0. The number of hydrogen-bond acceptors (Lipinski definition) is 4. The third kappa shape index (κ3) is 2.23. The van der Waals surface area contributed by atoms with Crippen molar-refractivity contribution in [2.75, 3.05) is 13.1 Å². The fourth-order valence-corrected chi connectivity index (χ4v) is 2.68. The summed E-state index contributed by atoms with van der Waals surface area (Å²) in [6.45, 7) is 1.82. The van der Waals surface area contributed by atoms with Crippen LogP contribution in [0.4, 0.5) is 0 Å². The summed E-state index contributed by atoms with van der Waals surface area (Å²) >= 11 is 0. The molecule has 2 aliphatic heterocycles. The Balaban J connectivity index is 1.63. The predicted molar refractivity (Wildman–Crippen MR) is 67.5 cm³/mol. The third-order valence-electron chi connectivity index (χ3n) is 3.71. The maximum Gasteiger partial charge on any atom is 0.241 e. The van der Waals surface area contributed by atoms with E-state index in [1.54, 1.807) is 6.20 Å². The van der Waals surface area contributed by atoms with Crippen LogP contribution in [0, 0.1) is 0 Å². The van der Waals surface area contributed by atoms with Crippen LogP contribution in [-0.4, -0.2) is 34.9 Å². The normalized spacial score (nSPS) is 27.7. The molecule has 1 amide bonds. The van der Waals surface area contributed by atoms with Gasteiger partial charge in [-0.2, -0.15) is 0 Å². The first-order chi connectivity index (χ1) is 8.84. The van der Waals surface area contributed by atoms with Crippen molar-refractivity contribution in [2.45, 2.75) is 31.3 Å². The van der Waals surface area contributed by atoms with Crippen LogP contribution >= 0.6 is 0 Å². The second kappa shape index (κ2) is 5.04. The van der Waals surface area contributed by atoms with Gasteiger partial charge in [-0.1, -0.05) is 6.07 Å². The maximum atomic E-state index is 12.2. The Morgan fingerprint density at radius 1 is 1.33 bits per heavy atom. The predicted octanol–water partition coefficient (Wildman–Crippen LogP) is 0.612. The van der Waals surface area contributed by atoms with Crippen molar-refractivity contribution >= 4 is 5.91 Å². The molecular weight excluding hydrogens is 228 g/mol. The molecule has 2 saturated heterocycles. The van der Waals surface area contributed by atoms with Gasteiger partial charge in [0.05, 0.1) is 0 Å². The van der Waals surface area contributed by atoms with E-state index in [0.29, 0.717) is 0 Å². The second-order valence-electron chi connectivity index (χ2n) is 4.95. The first kappa shape index (κ1) is 11.6. The van der Waals surface area contributed by atoms with E-state index in [1.807, 2.05) is 23.2 Å². The molecule has 1 aromatic heterocycles. The number of nitrogens with one attached hydrogen (secondary N) is 2. The van der Waals surface area contributed by atoms with Gasteiger partial charge >= 0.3 is 0 Å². The van der Waals surface area contributed by atoms with Gasteiger partial charge < -0.3 is 4.90 Å². The minimum Gasteiger partial charge on any atom is -0.341 e. The van der Waals surface area contributed by atoms with Gasteiger partial charge in [0.2, 0.25) is 5.91 Å². The van der Waals surface area contributed by atoms with Gasteiger partial charge in [-0.3, -0.25) is 9.78 Å². The van der Waals surface area contributed by atoms with Crippen LogP contribution in [0.2, 0.25) is 0 Å². The molecule has 3 rings (SSSR count). The van der Waals surface area contributed by atoms with Gasteiger partial charge in [-0.15, -0.1) is 0 Å². The number of carbonyl (C=O) groups excluding carboxylic acids is 1. The van der Waals surface area contributed by atoms with Crippen molar-refractivity contribution in [3.05, 3.63) is 30.1 Å². The SMILES string of the molecule is O=C(C1CC(c2cccnc2)NN1)N1CCCC1. The Morgan fingerprint density at radius 3 is 2.89 bits per heavy atom. The highest BCUT2D eigenvalue weighted by atomic mass is 16.2. The Morgan fingerprint density at radius 2 is 2.17 bits per heavy atom. The zero-order valence-electron chi connectivity index (χ0n) is 10.3. The van der Waals surface area contributed by atoms with Crippen LogP contribution in [0.5, 0.6) is 0 Å². The lowest BCUT2D eigenvalue weighted by atomic mass is 10.0. The number of nitrogens with zero attached hydrogens (tertiary/aromatic N) is 2. The fourth-order valence-electron chi connectivity index (χ4n) is 2.68. The quantitative estimate of drug-likeness (QED) is 0.803. The number of carbonyl (C=O) groups is 1. The summed E-state index contributed by atoms with van der Waals surface area (Å²) in [6, 6.07) is 4.03. The highest BCUT2D eigenvalue weighted by Gasteiger charge is 2.33. The van der Waals surface area contributed by atoms with Gasteiger partial charge in [-0.25, -0.2) is 10.9 Å². The lowest BCUT2D eigenvalue weighted by Crippen LogP contribution is -2.44.